The lowest BCUT2D eigenvalue weighted by Crippen LogP contribution is -2.36. The Hall–Kier alpha value is -2.99. The highest BCUT2D eigenvalue weighted by molar-refractivity contribution is 5.79. The van der Waals surface area contributed by atoms with Crippen LogP contribution in [-0.4, -0.2) is 45.9 Å². The van der Waals surface area contributed by atoms with Crippen LogP contribution in [0.15, 0.2) is 59.6 Å². The van der Waals surface area contributed by atoms with Crippen LogP contribution in [0.5, 0.6) is 5.75 Å². The minimum atomic E-state index is 0.542. The number of benzene rings is 2. The van der Waals surface area contributed by atoms with Crippen LogP contribution in [0, 0.1) is 6.92 Å². The predicted octanol–water partition coefficient (Wildman–Crippen LogP) is 3.65. The van der Waals surface area contributed by atoms with Gasteiger partial charge in [0.15, 0.2) is 5.96 Å². The second kappa shape index (κ2) is 12.0. The van der Waals surface area contributed by atoms with Crippen LogP contribution in [0.1, 0.15) is 23.6 Å². The second-order valence-electron chi connectivity index (χ2n) is 7.48. The fourth-order valence-electron chi connectivity index (χ4n) is 3.43. The van der Waals surface area contributed by atoms with Crippen LogP contribution in [0.4, 0.5) is 5.69 Å². The molecule has 0 spiro atoms. The van der Waals surface area contributed by atoms with Crippen molar-refractivity contribution in [3.63, 3.8) is 0 Å². The van der Waals surface area contributed by atoms with Crippen molar-refractivity contribution in [2.75, 3.05) is 44.9 Å². The molecule has 2 N–H and O–H groups in total. The van der Waals surface area contributed by atoms with E-state index in [2.05, 4.69) is 82.1 Å². The van der Waals surface area contributed by atoms with Crippen molar-refractivity contribution in [1.29, 1.82) is 0 Å². The lowest BCUT2D eigenvalue weighted by atomic mass is 10.1. The highest BCUT2D eigenvalue weighted by Gasteiger charge is 2.09. The molecule has 6 heteroatoms. The van der Waals surface area contributed by atoms with Crippen molar-refractivity contribution >= 4 is 11.6 Å². The number of hydrogen-bond acceptors (Lipinski definition) is 4. The molecule has 2 aromatic carbocycles. The maximum absolute atomic E-state index is 5.94. The van der Waals surface area contributed by atoms with Crippen molar-refractivity contribution < 1.29 is 9.47 Å². The van der Waals surface area contributed by atoms with Gasteiger partial charge in [-0.3, -0.25) is 4.99 Å². The van der Waals surface area contributed by atoms with E-state index in [1.807, 2.05) is 6.92 Å². The van der Waals surface area contributed by atoms with Gasteiger partial charge in [0.05, 0.1) is 6.61 Å². The van der Waals surface area contributed by atoms with Gasteiger partial charge in [0.25, 0.3) is 0 Å². The Morgan fingerprint density at radius 1 is 1.03 bits per heavy atom. The summed E-state index contributed by atoms with van der Waals surface area (Å²) in [5.41, 5.74) is 4.74. The Morgan fingerprint density at radius 2 is 1.84 bits per heavy atom. The van der Waals surface area contributed by atoms with E-state index in [-0.39, 0.29) is 0 Å². The minimum absolute atomic E-state index is 0.542. The molecule has 31 heavy (non-hydrogen) atoms. The molecule has 0 bridgehead atoms. The molecular formula is C25H34N4O2. The molecule has 1 heterocycles. The van der Waals surface area contributed by atoms with E-state index in [9.17, 15) is 0 Å². The topological polar surface area (TPSA) is 58.1 Å². The zero-order valence-corrected chi connectivity index (χ0v) is 18.9. The summed E-state index contributed by atoms with van der Waals surface area (Å²) >= 11 is 0. The number of ether oxygens (including phenoxy) is 2. The third-order valence-corrected chi connectivity index (χ3v) is 5.14. The number of aliphatic imine (C=N–C) groups is 1. The van der Waals surface area contributed by atoms with Crippen LogP contribution in [0.25, 0.3) is 0 Å². The van der Waals surface area contributed by atoms with Crippen LogP contribution < -0.4 is 20.3 Å². The van der Waals surface area contributed by atoms with Crippen LogP contribution in [0.3, 0.4) is 0 Å². The molecule has 0 saturated carbocycles. The van der Waals surface area contributed by atoms with Gasteiger partial charge in [-0.25, -0.2) is 0 Å². The van der Waals surface area contributed by atoms with Gasteiger partial charge in [0.2, 0.25) is 0 Å². The fraction of sp³-hybridized carbons (Fsp3) is 0.400. The summed E-state index contributed by atoms with van der Waals surface area (Å²) in [6.07, 6.45) is 4.41. The van der Waals surface area contributed by atoms with Crippen molar-refractivity contribution in [3.8, 4) is 5.75 Å². The Bertz CT molecular complexity index is 887. The molecule has 166 valence electrons. The summed E-state index contributed by atoms with van der Waals surface area (Å²) in [4.78, 5) is 6.71. The Kier molecular flexibility index (Phi) is 8.79. The van der Waals surface area contributed by atoms with Crippen LogP contribution >= 0.6 is 0 Å². The Morgan fingerprint density at radius 3 is 2.61 bits per heavy atom. The van der Waals surface area contributed by atoms with Gasteiger partial charge in [-0.15, -0.1) is 0 Å². The summed E-state index contributed by atoms with van der Waals surface area (Å²) in [5.74, 6) is 1.64. The monoisotopic (exact) mass is 422 g/mol. The Balaban J connectivity index is 1.53. The van der Waals surface area contributed by atoms with E-state index in [0.717, 1.165) is 30.4 Å². The normalized spacial score (nSPS) is 13.5. The maximum Gasteiger partial charge on any atom is 0.191 e. The molecule has 0 unspecified atom stereocenters. The summed E-state index contributed by atoms with van der Waals surface area (Å²) in [5, 5.41) is 6.80. The maximum atomic E-state index is 5.94. The highest BCUT2D eigenvalue weighted by atomic mass is 16.5. The van der Waals surface area contributed by atoms with E-state index >= 15 is 0 Å². The van der Waals surface area contributed by atoms with E-state index in [4.69, 9.17) is 9.47 Å². The number of aryl methyl sites for hydroxylation is 1. The second-order valence-corrected chi connectivity index (χ2v) is 7.48. The molecular weight excluding hydrogens is 388 g/mol. The van der Waals surface area contributed by atoms with Gasteiger partial charge >= 0.3 is 0 Å². The van der Waals surface area contributed by atoms with E-state index in [1.165, 1.54) is 16.8 Å². The molecule has 0 fully saturated rings. The van der Waals surface area contributed by atoms with Crippen LogP contribution in [0.2, 0.25) is 0 Å². The molecule has 0 aliphatic carbocycles. The molecule has 2 aromatic rings. The molecule has 6 nitrogen and oxygen atoms in total. The van der Waals surface area contributed by atoms with Gasteiger partial charge in [-0.2, -0.15) is 0 Å². The number of guanidine groups is 1. The van der Waals surface area contributed by atoms with Gasteiger partial charge in [-0.1, -0.05) is 36.4 Å². The summed E-state index contributed by atoms with van der Waals surface area (Å²) in [6, 6.07) is 14.9. The van der Waals surface area contributed by atoms with Gasteiger partial charge < -0.3 is 25.0 Å². The van der Waals surface area contributed by atoms with Crippen molar-refractivity contribution in [2.24, 2.45) is 4.99 Å². The number of anilines is 1. The lowest BCUT2D eigenvalue weighted by molar-refractivity contribution is 0.110. The molecule has 0 amide bonds. The summed E-state index contributed by atoms with van der Waals surface area (Å²) in [7, 11) is 1.79. The smallest absolute Gasteiger partial charge is 0.191 e. The van der Waals surface area contributed by atoms with Gasteiger partial charge in [0.1, 0.15) is 12.4 Å². The fourth-order valence-corrected chi connectivity index (χ4v) is 3.43. The predicted molar refractivity (Wildman–Crippen MR) is 128 cm³/mol. The first kappa shape index (κ1) is 22.7. The molecule has 1 aliphatic heterocycles. The van der Waals surface area contributed by atoms with E-state index in [1.54, 1.807) is 7.05 Å². The van der Waals surface area contributed by atoms with Crippen LogP contribution in [-0.2, 0) is 17.8 Å². The Labute approximate surface area is 186 Å². The third kappa shape index (κ3) is 7.03. The zero-order chi connectivity index (χ0) is 21.9. The first-order valence-corrected chi connectivity index (χ1v) is 10.9. The molecule has 0 radical (unpaired) electrons. The highest BCUT2D eigenvalue weighted by Crippen LogP contribution is 2.21. The average Bonchev–Trinajstić information content (AvgIpc) is 3.33. The largest absolute Gasteiger partial charge is 0.491 e. The molecule has 0 atom stereocenters. The van der Waals surface area contributed by atoms with Crippen molar-refractivity contribution in [3.05, 3.63) is 71.3 Å². The first-order valence-electron chi connectivity index (χ1n) is 10.9. The third-order valence-electron chi connectivity index (χ3n) is 5.14. The van der Waals surface area contributed by atoms with Crippen molar-refractivity contribution in [1.82, 2.24) is 10.6 Å². The summed E-state index contributed by atoms with van der Waals surface area (Å²) < 4.78 is 11.3. The van der Waals surface area contributed by atoms with E-state index in [0.29, 0.717) is 32.9 Å². The number of rotatable bonds is 10. The molecule has 0 saturated heterocycles. The molecule has 0 aromatic heterocycles. The standard InChI is InChI=1S/C25H34N4O2/c1-4-30-14-15-31-24-16-20(2)10-11-22(24)19-28-25(26-3)27-18-21-8-7-9-23(17-21)29-12-5-6-13-29/h5-11,16-17H,4,12-15,18-19H2,1-3H3,(H2,26,27,28). The lowest BCUT2D eigenvalue weighted by Gasteiger charge is -2.19. The molecule has 1 aliphatic rings. The quantitative estimate of drug-likeness (QED) is 0.265. The average molecular weight is 423 g/mol. The zero-order valence-electron chi connectivity index (χ0n) is 18.9. The van der Waals surface area contributed by atoms with Crippen molar-refractivity contribution in [2.45, 2.75) is 26.9 Å². The number of nitrogens with one attached hydrogen (secondary N) is 2. The first-order chi connectivity index (χ1) is 15.2. The molecule has 3 rings (SSSR count). The van der Waals surface area contributed by atoms with Gasteiger partial charge in [-0.05, 0) is 43.2 Å². The summed E-state index contributed by atoms with van der Waals surface area (Å²) in [6.45, 7) is 9.18. The number of hydrogen-bond donors (Lipinski definition) is 2. The number of nitrogens with zero attached hydrogens (tertiary/aromatic N) is 2. The SMILES string of the molecule is CCOCCOc1cc(C)ccc1CNC(=NC)NCc1cccc(N2CC=CC2)c1. The van der Waals surface area contributed by atoms with Gasteiger partial charge in [0, 0.05) is 51.1 Å². The minimum Gasteiger partial charge on any atom is -0.491 e. The van der Waals surface area contributed by atoms with E-state index < -0.39 is 0 Å².